The maximum atomic E-state index is 5.39. The number of methoxy groups -OCH3 is 2. The molecule has 0 aliphatic heterocycles. The SMILES string of the molecule is CCCCNC(C)Cc1cc(OC)ccc1OC. The van der Waals surface area contributed by atoms with Gasteiger partial charge in [0.15, 0.2) is 0 Å². The first kappa shape index (κ1) is 14.8. The van der Waals surface area contributed by atoms with Crippen LogP contribution in [0.2, 0.25) is 0 Å². The highest BCUT2D eigenvalue weighted by molar-refractivity contribution is 5.40. The predicted octanol–water partition coefficient (Wildman–Crippen LogP) is 3.02. The van der Waals surface area contributed by atoms with E-state index in [2.05, 4.69) is 25.2 Å². The first-order chi connectivity index (χ1) is 8.71. The van der Waals surface area contributed by atoms with E-state index in [1.165, 1.54) is 18.4 Å². The van der Waals surface area contributed by atoms with Crippen LogP contribution < -0.4 is 14.8 Å². The Bertz CT molecular complexity index is 352. The molecule has 3 heteroatoms. The average molecular weight is 251 g/mol. The van der Waals surface area contributed by atoms with Crippen molar-refractivity contribution in [1.82, 2.24) is 5.32 Å². The van der Waals surface area contributed by atoms with Gasteiger partial charge in [-0.25, -0.2) is 0 Å². The normalized spacial score (nSPS) is 12.2. The molecule has 1 N–H and O–H groups in total. The van der Waals surface area contributed by atoms with Crippen LogP contribution in [0.4, 0.5) is 0 Å². The van der Waals surface area contributed by atoms with Gasteiger partial charge in [0.1, 0.15) is 11.5 Å². The summed E-state index contributed by atoms with van der Waals surface area (Å²) in [4.78, 5) is 0. The third-order valence-corrected chi connectivity index (χ3v) is 3.04. The molecule has 0 saturated carbocycles. The van der Waals surface area contributed by atoms with Crippen LogP contribution in [-0.4, -0.2) is 26.8 Å². The predicted molar refractivity (Wildman–Crippen MR) is 75.6 cm³/mol. The van der Waals surface area contributed by atoms with Crippen LogP contribution in [-0.2, 0) is 6.42 Å². The zero-order valence-corrected chi connectivity index (χ0v) is 12.0. The molecule has 0 spiro atoms. The Morgan fingerprint density at radius 1 is 1.22 bits per heavy atom. The van der Waals surface area contributed by atoms with Crippen LogP contribution in [0.25, 0.3) is 0 Å². The first-order valence-electron chi connectivity index (χ1n) is 6.65. The minimum absolute atomic E-state index is 0.442. The zero-order chi connectivity index (χ0) is 13.4. The fourth-order valence-electron chi connectivity index (χ4n) is 1.97. The van der Waals surface area contributed by atoms with Gasteiger partial charge in [-0.05, 0) is 50.1 Å². The Hall–Kier alpha value is -1.22. The molecule has 1 rings (SSSR count). The van der Waals surface area contributed by atoms with Crippen molar-refractivity contribution in [1.29, 1.82) is 0 Å². The van der Waals surface area contributed by atoms with Gasteiger partial charge < -0.3 is 14.8 Å². The third kappa shape index (κ3) is 4.57. The summed E-state index contributed by atoms with van der Waals surface area (Å²) < 4.78 is 10.6. The van der Waals surface area contributed by atoms with E-state index in [4.69, 9.17) is 9.47 Å². The first-order valence-corrected chi connectivity index (χ1v) is 6.65. The van der Waals surface area contributed by atoms with Crippen LogP contribution in [0.5, 0.6) is 11.5 Å². The van der Waals surface area contributed by atoms with Crippen molar-refractivity contribution >= 4 is 0 Å². The summed E-state index contributed by atoms with van der Waals surface area (Å²) in [7, 11) is 3.40. The van der Waals surface area contributed by atoms with E-state index < -0.39 is 0 Å². The van der Waals surface area contributed by atoms with Gasteiger partial charge in [-0.3, -0.25) is 0 Å². The second kappa shape index (κ2) is 7.98. The molecule has 1 aromatic carbocycles. The van der Waals surface area contributed by atoms with Crippen molar-refractivity contribution in [3.05, 3.63) is 23.8 Å². The fourth-order valence-corrected chi connectivity index (χ4v) is 1.97. The standard InChI is InChI=1S/C15H25NO2/c1-5-6-9-16-12(2)10-13-11-14(17-3)7-8-15(13)18-4/h7-8,11-12,16H,5-6,9-10H2,1-4H3. The Kier molecular flexibility index (Phi) is 6.58. The number of hydrogen-bond donors (Lipinski definition) is 1. The lowest BCUT2D eigenvalue weighted by molar-refractivity contribution is 0.395. The maximum absolute atomic E-state index is 5.39. The largest absolute Gasteiger partial charge is 0.497 e. The summed E-state index contributed by atoms with van der Waals surface area (Å²) in [5.74, 6) is 1.81. The van der Waals surface area contributed by atoms with Crippen LogP contribution in [0.1, 0.15) is 32.3 Å². The Labute approximate surface area is 110 Å². The van der Waals surface area contributed by atoms with Crippen LogP contribution in [0.3, 0.4) is 0 Å². The van der Waals surface area contributed by atoms with Gasteiger partial charge in [0.25, 0.3) is 0 Å². The molecular weight excluding hydrogens is 226 g/mol. The number of benzene rings is 1. The molecule has 0 radical (unpaired) electrons. The number of hydrogen-bond acceptors (Lipinski definition) is 3. The molecule has 0 aliphatic carbocycles. The number of rotatable bonds is 8. The second-order valence-corrected chi connectivity index (χ2v) is 4.59. The van der Waals surface area contributed by atoms with E-state index >= 15 is 0 Å². The molecule has 0 aliphatic rings. The lowest BCUT2D eigenvalue weighted by atomic mass is 10.1. The summed E-state index contributed by atoms with van der Waals surface area (Å²) in [6.07, 6.45) is 3.39. The number of nitrogens with one attached hydrogen (secondary N) is 1. The summed E-state index contributed by atoms with van der Waals surface area (Å²) in [5, 5.41) is 3.52. The molecule has 0 aromatic heterocycles. The van der Waals surface area contributed by atoms with E-state index in [-0.39, 0.29) is 0 Å². The molecule has 1 atom stereocenters. The average Bonchev–Trinajstić information content (AvgIpc) is 2.39. The van der Waals surface area contributed by atoms with E-state index in [0.29, 0.717) is 6.04 Å². The summed E-state index contributed by atoms with van der Waals surface area (Å²) in [5.41, 5.74) is 1.19. The molecule has 1 aromatic rings. The van der Waals surface area contributed by atoms with E-state index in [0.717, 1.165) is 24.5 Å². The van der Waals surface area contributed by atoms with Crippen molar-refractivity contribution < 1.29 is 9.47 Å². The quantitative estimate of drug-likeness (QED) is 0.720. The fraction of sp³-hybridized carbons (Fsp3) is 0.600. The molecule has 0 heterocycles. The minimum Gasteiger partial charge on any atom is -0.497 e. The van der Waals surface area contributed by atoms with Gasteiger partial charge >= 0.3 is 0 Å². The smallest absolute Gasteiger partial charge is 0.122 e. The molecule has 0 amide bonds. The van der Waals surface area contributed by atoms with E-state index in [9.17, 15) is 0 Å². The van der Waals surface area contributed by atoms with Crippen LogP contribution in [0.15, 0.2) is 18.2 Å². The van der Waals surface area contributed by atoms with E-state index in [1.54, 1.807) is 14.2 Å². The van der Waals surface area contributed by atoms with Gasteiger partial charge in [0.2, 0.25) is 0 Å². The van der Waals surface area contributed by atoms with Gasteiger partial charge in [-0.1, -0.05) is 13.3 Å². The number of unbranched alkanes of at least 4 members (excludes halogenated alkanes) is 1. The molecule has 1 unspecified atom stereocenters. The van der Waals surface area contributed by atoms with Crippen molar-refractivity contribution in [2.75, 3.05) is 20.8 Å². The highest BCUT2D eigenvalue weighted by Gasteiger charge is 2.09. The molecule has 3 nitrogen and oxygen atoms in total. The molecule has 0 saturated heterocycles. The molecule has 18 heavy (non-hydrogen) atoms. The monoisotopic (exact) mass is 251 g/mol. The highest BCUT2D eigenvalue weighted by atomic mass is 16.5. The van der Waals surface area contributed by atoms with E-state index in [1.807, 2.05) is 12.1 Å². The third-order valence-electron chi connectivity index (χ3n) is 3.04. The second-order valence-electron chi connectivity index (χ2n) is 4.59. The van der Waals surface area contributed by atoms with Gasteiger partial charge in [0.05, 0.1) is 14.2 Å². The van der Waals surface area contributed by atoms with Gasteiger partial charge in [-0.2, -0.15) is 0 Å². The highest BCUT2D eigenvalue weighted by Crippen LogP contribution is 2.25. The van der Waals surface area contributed by atoms with Gasteiger partial charge in [-0.15, -0.1) is 0 Å². The Morgan fingerprint density at radius 3 is 2.61 bits per heavy atom. The minimum atomic E-state index is 0.442. The lowest BCUT2D eigenvalue weighted by Gasteiger charge is -2.16. The molecular formula is C15H25NO2. The Balaban J connectivity index is 2.63. The van der Waals surface area contributed by atoms with Crippen LogP contribution in [0, 0.1) is 0 Å². The lowest BCUT2D eigenvalue weighted by Crippen LogP contribution is -2.29. The van der Waals surface area contributed by atoms with Crippen molar-refractivity contribution in [3.63, 3.8) is 0 Å². The summed E-state index contributed by atoms with van der Waals surface area (Å²) >= 11 is 0. The summed E-state index contributed by atoms with van der Waals surface area (Å²) in [6, 6.07) is 6.39. The van der Waals surface area contributed by atoms with Gasteiger partial charge in [0, 0.05) is 6.04 Å². The van der Waals surface area contributed by atoms with Crippen molar-refractivity contribution in [2.45, 2.75) is 39.2 Å². The zero-order valence-electron chi connectivity index (χ0n) is 12.0. The molecule has 102 valence electrons. The number of ether oxygens (including phenoxy) is 2. The molecule has 0 fully saturated rings. The summed E-state index contributed by atoms with van der Waals surface area (Å²) in [6.45, 7) is 5.48. The van der Waals surface area contributed by atoms with Crippen LogP contribution >= 0.6 is 0 Å². The van der Waals surface area contributed by atoms with Crippen molar-refractivity contribution in [3.8, 4) is 11.5 Å². The maximum Gasteiger partial charge on any atom is 0.122 e. The Morgan fingerprint density at radius 2 is 2.00 bits per heavy atom. The van der Waals surface area contributed by atoms with Crippen molar-refractivity contribution in [2.24, 2.45) is 0 Å². The molecule has 0 bridgehead atoms. The topological polar surface area (TPSA) is 30.5 Å².